The third-order valence-corrected chi connectivity index (χ3v) is 2.47. The number of anilines is 1. The van der Waals surface area contributed by atoms with Crippen molar-refractivity contribution in [3.63, 3.8) is 0 Å². The Kier molecular flexibility index (Phi) is 3.91. The van der Waals surface area contributed by atoms with Gasteiger partial charge in [0.2, 0.25) is 5.91 Å². The van der Waals surface area contributed by atoms with Crippen LogP contribution in [0.5, 0.6) is 0 Å². The summed E-state index contributed by atoms with van der Waals surface area (Å²) < 4.78 is 5.12. The maximum atomic E-state index is 11.8. The molecule has 0 saturated heterocycles. The minimum atomic E-state index is -0.183. The van der Waals surface area contributed by atoms with Gasteiger partial charge in [0, 0.05) is 12.5 Å². The first kappa shape index (κ1) is 13.2. The summed E-state index contributed by atoms with van der Waals surface area (Å²) >= 11 is 0. The second kappa shape index (κ2) is 5.62. The van der Waals surface area contributed by atoms with Crippen molar-refractivity contribution in [1.82, 2.24) is 10.1 Å². The molecule has 0 aliphatic heterocycles. The van der Waals surface area contributed by atoms with Crippen molar-refractivity contribution in [3.05, 3.63) is 30.1 Å². The molecule has 100 valence electrons. The Morgan fingerprint density at radius 2 is 2.21 bits per heavy atom. The van der Waals surface area contributed by atoms with E-state index in [1.807, 2.05) is 18.2 Å². The van der Waals surface area contributed by atoms with Gasteiger partial charge in [-0.1, -0.05) is 17.3 Å². The van der Waals surface area contributed by atoms with Gasteiger partial charge in [0.25, 0.3) is 5.89 Å². The highest BCUT2D eigenvalue weighted by atomic mass is 16.5. The molecule has 6 heteroatoms. The highest BCUT2D eigenvalue weighted by Gasteiger charge is 2.13. The molecule has 2 rings (SSSR count). The topological polar surface area (TPSA) is 94.0 Å². The van der Waals surface area contributed by atoms with Gasteiger partial charge < -0.3 is 15.6 Å². The number of amides is 1. The monoisotopic (exact) mass is 260 g/mol. The quantitative estimate of drug-likeness (QED) is 0.872. The number of nitrogens with zero attached hydrogens (tertiary/aromatic N) is 2. The van der Waals surface area contributed by atoms with E-state index >= 15 is 0 Å². The molecule has 0 aliphatic rings. The lowest BCUT2D eigenvalue weighted by atomic mass is 10.1. The van der Waals surface area contributed by atoms with E-state index in [1.165, 1.54) is 0 Å². The Morgan fingerprint density at radius 1 is 1.47 bits per heavy atom. The van der Waals surface area contributed by atoms with Gasteiger partial charge in [0.05, 0.1) is 11.3 Å². The normalized spacial score (nSPS) is 12.2. The molecule has 2 aromatic rings. The summed E-state index contributed by atoms with van der Waals surface area (Å²) in [5, 5.41) is 6.55. The molecule has 0 saturated carbocycles. The van der Waals surface area contributed by atoms with E-state index in [4.69, 9.17) is 10.3 Å². The van der Waals surface area contributed by atoms with Crippen molar-refractivity contribution < 1.29 is 9.32 Å². The molecule has 0 spiro atoms. The predicted octanol–water partition coefficient (Wildman–Crippen LogP) is 1.72. The lowest BCUT2D eigenvalue weighted by Gasteiger charge is -2.09. The van der Waals surface area contributed by atoms with Gasteiger partial charge in [-0.2, -0.15) is 4.98 Å². The summed E-state index contributed by atoms with van der Waals surface area (Å²) in [6, 6.07) is 7.09. The third-order valence-electron chi connectivity index (χ3n) is 2.47. The van der Waals surface area contributed by atoms with E-state index in [9.17, 15) is 4.79 Å². The molecule has 1 amide bonds. The number of rotatable bonds is 4. The minimum Gasteiger partial charge on any atom is -0.334 e. The van der Waals surface area contributed by atoms with Gasteiger partial charge in [-0.05, 0) is 26.0 Å². The van der Waals surface area contributed by atoms with Crippen LogP contribution in [0.1, 0.15) is 19.2 Å². The number of carbonyl (C=O) groups excluding carboxylic acids is 1. The molecule has 0 bridgehead atoms. The van der Waals surface area contributed by atoms with E-state index in [0.29, 0.717) is 23.0 Å². The Labute approximate surface area is 111 Å². The van der Waals surface area contributed by atoms with Crippen LogP contribution in [0.4, 0.5) is 5.69 Å². The van der Waals surface area contributed by atoms with Crippen molar-refractivity contribution >= 4 is 11.6 Å². The minimum absolute atomic E-state index is 0.140. The molecule has 0 aliphatic carbocycles. The lowest BCUT2D eigenvalue weighted by molar-refractivity contribution is -0.116. The van der Waals surface area contributed by atoms with Crippen LogP contribution in [0.3, 0.4) is 0 Å². The summed E-state index contributed by atoms with van der Waals surface area (Å²) in [6.45, 7) is 3.52. The van der Waals surface area contributed by atoms with Crippen molar-refractivity contribution in [2.24, 2.45) is 5.73 Å². The fourth-order valence-electron chi connectivity index (χ4n) is 1.68. The Bertz CT molecular complexity index is 578. The highest BCUT2D eigenvalue weighted by molar-refractivity contribution is 5.94. The Balaban J connectivity index is 2.24. The molecule has 1 atom stereocenters. The van der Waals surface area contributed by atoms with Gasteiger partial charge >= 0.3 is 0 Å². The first-order valence-electron chi connectivity index (χ1n) is 6.01. The molecule has 3 N–H and O–H groups in total. The second-order valence-electron chi connectivity index (χ2n) is 4.42. The Morgan fingerprint density at radius 3 is 2.84 bits per heavy atom. The summed E-state index contributed by atoms with van der Waals surface area (Å²) in [5.74, 6) is 0.791. The van der Waals surface area contributed by atoms with Crippen LogP contribution in [-0.2, 0) is 4.79 Å². The summed E-state index contributed by atoms with van der Waals surface area (Å²) in [4.78, 5) is 15.9. The summed E-state index contributed by atoms with van der Waals surface area (Å²) in [7, 11) is 0. The van der Waals surface area contributed by atoms with Gasteiger partial charge in [0.1, 0.15) is 0 Å². The Hall–Kier alpha value is -2.21. The number of hydrogen-bond acceptors (Lipinski definition) is 5. The van der Waals surface area contributed by atoms with E-state index in [2.05, 4.69) is 15.5 Å². The van der Waals surface area contributed by atoms with Crippen molar-refractivity contribution in [1.29, 1.82) is 0 Å². The van der Waals surface area contributed by atoms with Crippen molar-refractivity contribution in [3.8, 4) is 11.5 Å². The van der Waals surface area contributed by atoms with E-state index in [0.717, 1.165) is 0 Å². The lowest BCUT2D eigenvalue weighted by Crippen LogP contribution is -2.24. The predicted molar refractivity (Wildman–Crippen MR) is 71.4 cm³/mol. The number of nitrogens with two attached hydrogens (primary N) is 1. The van der Waals surface area contributed by atoms with Crippen molar-refractivity contribution in [2.75, 3.05) is 5.32 Å². The zero-order chi connectivity index (χ0) is 13.8. The van der Waals surface area contributed by atoms with Crippen LogP contribution in [0.2, 0.25) is 0 Å². The van der Waals surface area contributed by atoms with Gasteiger partial charge in [0.15, 0.2) is 5.82 Å². The van der Waals surface area contributed by atoms with E-state index in [-0.39, 0.29) is 18.4 Å². The van der Waals surface area contributed by atoms with E-state index < -0.39 is 0 Å². The maximum Gasteiger partial charge on any atom is 0.260 e. The number of nitrogens with one attached hydrogen (secondary N) is 1. The molecular formula is C13H16N4O2. The molecule has 19 heavy (non-hydrogen) atoms. The van der Waals surface area contributed by atoms with Crippen LogP contribution in [-0.4, -0.2) is 22.1 Å². The fraction of sp³-hybridized carbons (Fsp3) is 0.308. The number of benzene rings is 1. The first-order chi connectivity index (χ1) is 9.06. The second-order valence-corrected chi connectivity index (χ2v) is 4.42. The van der Waals surface area contributed by atoms with Crippen molar-refractivity contribution in [2.45, 2.75) is 26.3 Å². The van der Waals surface area contributed by atoms with E-state index in [1.54, 1.807) is 19.9 Å². The molecule has 1 aromatic carbocycles. The number of aromatic nitrogens is 2. The SMILES string of the molecule is Cc1noc(-c2ccccc2NC(=O)CC(C)N)n1. The molecule has 0 radical (unpaired) electrons. The smallest absolute Gasteiger partial charge is 0.260 e. The van der Waals surface area contributed by atoms with Crippen LogP contribution in [0, 0.1) is 6.92 Å². The zero-order valence-electron chi connectivity index (χ0n) is 10.9. The number of hydrogen-bond donors (Lipinski definition) is 2. The summed E-state index contributed by atoms with van der Waals surface area (Å²) in [6.07, 6.45) is 0.261. The third kappa shape index (κ3) is 3.38. The summed E-state index contributed by atoms with van der Waals surface area (Å²) in [5.41, 5.74) is 6.93. The molecule has 6 nitrogen and oxygen atoms in total. The molecule has 0 fully saturated rings. The maximum absolute atomic E-state index is 11.8. The largest absolute Gasteiger partial charge is 0.334 e. The molecule has 1 unspecified atom stereocenters. The number of carbonyl (C=O) groups is 1. The fourth-order valence-corrected chi connectivity index (χ4v) is 1.68. The van der Waals surface area contributed by atoms with Gasteiger partial charge in [-0.3, -0.25) is 4.79 Å². The first-order valence-corrected chi connectivity index (χ1v) is 6.01. The number of aryl methyl sites for hydroxylation is 1. The molecule has 1 heterocycles. The van der Waals surface area contributed by atoms with Gasteiger partial charge in [-0.15, -0.1) is 0 Å². The average molecular weight is 260 g/mol. The van der Waals surface area contributed by atoms with Crippen LogP contribution in [0.25, 0.3) is 11.5 Å². The van der Waals surface area contributed by atoms with Crippen LogP contribution < -0.4 is 11.1 Å². The highest BCUT2D eigenvalue weighted by Crippen LogP contribution is 2.26. The van der Waals surface area contributed by atoms with Crippen LogP contribution in [0.15, 0.2) is 28.8 Å². The number of para-hydroxylation sites is 1. The standard InChI is InChI=1S/C13H16N4O2/c1-8(14)7-12(18)16-11-6-4-3-5-10(11)13-15-9(2)17-19-13/h3-6,8H,7,14H2,1-2H3,(H,16,18). The molecular weight excluding hydrogens is 244 g/mol. The molecule has 1 aromatic heterocycles. The zero-order valence-corrected chi connectivity index (χ0v) is 10.9. The van der Waals surface area contributed by atoms with Crippen LogP contribution >= 0.6 is 0 Å². The van der Waals surface area contributed by atoms with Gasteiger partial charge in [-0.25, -0.2) is 0 Å². The average Bonchev–Trinajstić information content (AvgIpc) is 2.75.